The average molecular weight is 560 g/mol. The number of methoxy groups -OCH3 is 1. The number of carbonyl (C=O) groups is 1. The molecule has 1 amide bonds. The number of rotatable bonds is 7. The molecule has 0 heterocycles. The van der Waals surface area contributed by atoms with Crippen molar-refractivity contribution in [3.8, 4) is 5.75 Å². The van der Waals surface area contributed by atoms with E-state index in [4.69, 9.17) is 9.47 Å². The number of ether oxygens (including phenoxy) is 2. The Labute approximate surface area is 219 Å². The molecule has 0 spiro atoms. The predicted octanol–water partition coefficient (Wildman–Crippen LogP) is 6.21. The summed E-state index contributed by atoms with van der Waals surface area (Å²) in [4.78, 5) is 14.6. The van der Waals surface area contributed by atoms with E-state index in [9.17, 15) is 30.8 Å². The van der Waals surface area contributed by atoms with Crippen LogP contribution >= 0.6 is 0 Å². The van der Waals surface area contributed by atoms with Crippen LogP contribution in [0.15, 0.2) is 48.5 Å². The number of alkyl halides is 3. The lowest BCUT2D eigenvalue weighted by Gasteiger charge is -2.35. The number of amides is 1. The summed E-state index contributed by atoms with van der Waals surface area (Å²) in [5.74, 6) is -1.74. The van der Waals surface area contributed by atoms with Crippen molar-refractivity contribution in [3.05, 3.63) is 71.0 Å². The van der Waals surface area contributed by atoms with Gasteiger partial charge in [0, 0.05) is 18.0 Å². The topological polar surface area (TPSA) is 82.1 Å². The van der Waals surface area contributed by atoms with Crippen molar-refractivity contribution >= 4 is 22.0 Å². The molecule has 0 saturated heterocycles. The normalized spacial score (nSPS) is 16.7. The SMILES string of the molecule is COc1cc([C@@H](C)N(C[C@H]2C=C(OS(=O)(=O)C(F)(F)F)c3ccccc3C2)C(=O)OC(C)(C)C)ccc1F. The highest BCUT2D eigenvalue weighted by molar-refractivity contribution is 7.87. The van der Waals surface area contributed by atoms with Crippen LogP contribution in [0.2, 0.25) is 0 Å². The number of halogens is 4. The molecular formula is C26H29F4NO6S. The highest BCUT2D eigenvalue weighted by Crippen LogP contribution is 2.37. The van der Waals surface area contributed by atoms with E-state index in [1.54, 1.807) is 45.9 Å². The first kappa shape index (κ1) is 29.3. The predicted molar refractivity (Wildman–Crippen MR) is 132 cm³/mol. The Morgan fingerprint density at radius 3 is 2.39 bits per heavy atom. The zero-order chi connectivity index (χ0) is 28.5. The van der Waals surface area contributed by atoms with Crippen molar-refractivity contribution in [2.75, 3.05) is 13.7 Å². The van der Waals surface area contributed by atoms with Crippen LogP contribution in [-0.2, 0) is 25.5 Å². The van der Waals surface area contributed by atoms with Crippen molar-refractivity contribution in [3.63, 3.8) is 0 Å². The van der Waals surface area contributed by atoms with Gasteiger partial charge in [0.05, 0.1) is 13.2 Å². The van der Waals surface area contributed by atoms with Crippen LogP contribution < -0.4 is 4.74 Å². The molecule has 12 heteroatoms. The molecule has 2 aromatic carbocycles. The molecule has 38 heavy (non-hydrogen) atoms. The number of nitrogens with zero attached hydrogens (tertiary/aromatic N) is 1. The molecule has 0 bridgehead atoms. The van der Waals surface area contributed by atoms with Crippen LogP contribution in [0.25, 0.3) is 5.76 Å². The van der Waals surface area contributed by atoms with Crippen molar-refractivity contribution < 1.29 is 44.4 Å². The first-order valence-electron chi connectivity index (χ1n) is 11.7. The molecule has 0 saturated carbocycles. The van der Waals surface area contributed by atoms with E-state index < -0.39 is 50.9 Å². The summed E-state index contributed by atoms with van der Waals surface area (Å²) in [6.45, 7) is 6.66. The van der Waals surface area contributed by atoms with Crippen molar-refractivity contribution in [2.45, 2.75) is 51.3 Å². The van der Waals surface area contributed by atoms with Gasteiger partial charge in [0.1, 0.15) is 11.4 Å². The van der Waals surface area contributed by atoms with Gasteiger partial charge in [-0.1, -0.05) is 30.3 Å². The van der Waals surface area contributed by atoms with E-state index in [0.717, 1.165) is 0 Å². The summed E-state index contributed by atoms with van der Waals surface area (Å²) < 4.78 is 92.0. The molecule has 0 radical (unpaired) electrons. The minimum absolute atomic E-state index is 0.0296. The molecule has 0 unspecified atom stereocenters. The second-order valence-electron chi connectivity index (χ2n) is 9.84. The summed E-state index contributed by atoms with van der Waals surface area (Å²) in [7, 11) is -4.62. The summed E-state index contributed by atoms with van der Waals surface area (Å²) in [5.41, 5.74) is -5.21. The van der Waals surface area contributed by atoms with Gasteiger partial charge in [0.2, 0.25) is 0 Å². The van der Waals surface area contributed by atoms with Gasteiger partial charge in [-0.3, -0.25) is 0 Å². The number of fused-ring (bicyclic) bond motifs is 1. The maximum atomic E-state index is 14.0. The van der Waals surface area contributed by atoms with Crippen molar-refractivity contribution in [1.82, 2.24) is 4.90 Å². The van der Waals surface area contributed by atoms with Crippen molar-refractivity contribution in [2.24, 2.45) is 5.92 Å². The highest BCUT2D eigenvalue weighted by atomic mass is 32.2. The van der Waals surface area contributed by atoms with E-state index in [2.05, 4.69) is 4.18 Å². The van der Waals surface area contributed by atoms with Gasteiger partial charge in [-0.2, -0.15) is 21.6 Å². The van der Waals surface area contributed by atoms with Crippen LogP contribution in [0.5, 0.6) is 5.75 Å². The number of hydrogen-bond donors (Lipinski definition) is 0. The summed E-state index contributed by atoms with van der Waals surface area (Å²) >= 11 is 0. The molecule has 3 rings (SSSR count). The van der Waals surface area contributed by atoms with E-state index in [1.807, 2.05) is 0 Å². The number of hydrogen-bond acceptors (Lipinski definition) is 6. The summed E-state index contributed by atoms with van der Waals surface area (Å²) in [6, 6.07) is 9.76. The number of benzene rings is 2. The second kappa shape index (κ2) is 10.8. The quantitative estimate of drug-likeness (QED) is 0.228. The second-order valence-corrected chi connectivity index (χ2v) is 11.4. The lowest BCUT2D eigenvalue weighted by atomic mass is 9.88. The van der Waals surface area contributed by atoms with E-state index in [0.29, 0.717) is 11.1 Å². The van der Waals surface area contributed by atoms with Crippen LogP contribution in [0.1, 0.15) is 50.4 Å². The average Bonchev–Trinajstić information content (AvgIpc) is 2.80. The van der Waals surface area contributed by atoms with Crippen LogP contribution in [0.4, 0.5) is 22.4 Å². The third kappa shape index (κ3) is 6.77. The van der Waals surface area contributed by atoms with Gasteiger partial charge in [0.25, 0.3) is 0 Å². The molecule has 1 aliphatic carbocycles. The molecule has 208 valence electrons. The maximum absolute atomic E-state index is 14.0. The van der Waals surface area contributed by atoms with E-state index >= 15 is 0 Å². The fraction of sp³-hybridized carbons (Fsp3) is 0.423. The van der Waals surface area contributed by atoms with Gasteiger partial charge in [-0.15, -0.1) is 0 Å². The fourth-order valence-corrected chi connectivity index (χ4v) is 4.50. The Kier molecular flexibility index (Phi) is 8.35. The zero-order valence-electron chi connectivity index (χ0n) is 21.5. The van der Waals surface area contributed by atoms with Gasteiger partial charge >= 0.3 is 21.7 Å². The first-order valence-corrected chi connectivity index (χ1v) is 13.1. The summed E-state index contributed by atoms with van der Waals surface area (Å²) in [5, 5.41) is 0. The lowest BCUT2D eigenvalue weighted by molar-refractivity contribution is -0.0509. The van der Waals surface area contributed by atoms with Crippen molar-refractivity contribution in [1.29, 1.82) is 0 Å². The Hall–Kier alpha value is -3.28. The third-order valence-electron chi connectivity index (χ3n) is 5.82. The molecule has 0 aromatic heterocycles. The molecule has 7 nitrogen and oxygen atoms in total. The number of carbonyl (C=O) groups excluding carboxylic acids is 1. The van der Waals surface area contributed by atoms with Gasteiger partial charge in [-0.05, 0) is 63.5 Å². The van der Waals surface area contributed by atoms with Crippen LogP contribution in [0.3, 0.4) is 0 Å². The van der Waals surface area contributed by atoms with Gasteiger partial charge in [0.15, 0.2) is 11.6 Å². The molecule has 2 aromatic rings. The molecule has 2 atom stereocenters. The Balaban J connectivity index is 2.01. The molecule has 0 fully saturated rings. The molecule has 1 aliphatic rings. The molecule has 0 N–H and O–H groups in total. The van der Waals surface area contributed by atoms with Crippen LogP contribution in [0, 0.1) is 11.7 Å². The smallest absolute Gasteiger partial charge is 0.494 e. The minimum Gasteiger partial charge on any atom is -0.494 e. The first-order chi connectivity index (χ1) is 17.5. The van der Waals surface area contributed by atoms with Gasteiger partial charge in [-0.25, -0.2) is 9.18 Å². The Morgan fingerprint density at radius 2 is 1.79 bits per heavy atom. The van der Waals surface area contributed by atoms with Crippen LogP contribution in [-0.4, -0.2) is 44.2 Å². The fourth-order valence-electron chi connectivity index (χ4n) is 4.02. The maximum Gasteiger partial charge on any atom is 0.534 e. The highest BCUT2D eigenvalue weighted by Gasteiger charge is 2.49. The minimum atomic E-state index is -5.93. The third-order valence-corrected chi connectivity index (χ3v) is 6.79. The molecular weight excluding hydrogens is 530 g/mol. The largest absolute Gasteiger partial charge is 0.534 e. The standard InChI is InChI=1S/C26H29F4NO6S/c1-16(18-10-11-21(27)23(14-18)35-5)31(24(32)36-25(2,3)4)15-17-12-19-8-6-7-9-20(19)22(13-17)37-38(33,34)26(28,29)30/h6-11,13-14,16-17H,12,15H2,1-5H3/t16-,17-/m1/s1. The monoisotopic (exact) mass is 559 g/mol. The molecule has 0 aliphatic heterocycles. The van der Waals surface area contributed by atoms with E-state index in [1.165, 1.54) is 42.4 Å². The Morgan fingerprint density at radius 1 is 1.13 bits per heavy atom. The Bertz CT molecular complexity index is 1320. The van der Waals surface area contributed by atoms with Gasteiger partial charge < -0.3 is 18.6 Å². The lowest BCUT2D eigenvalue weighted by Crippen LogP contribution is -2.41. The van der Waals surface area contributed by atoms with E-state index in [-0.39, 0.29) is 24.3 Å². The zero-order valence-corrected chi connectivity index (χ0v) is 22.3. The summed E-state index contributed by atoms with van der Waals surface area (Å²) in [6.07, 6.45) is 0.834.